The molecule has 1 heterocycles. The summed E-state index contributed by atoms with van der Waals surface area (Å²) in [6.45, 7) is 1.41. The van der Waals surface area contributed by atoms with Crippen LogP contribution in [-0.2, 0) is 4.79 Å². The monoisotopic (exact) mass is 148 g/mol. The van der Waals surface area contributed by atoms with Crippen LogP contribution >= 0.6 is 11.6 Å². The first-order valence-electron chi connectivity index (χ1n) is 2.35. The van der Waals surface area contributed by atoms with Crippen LogP contribution < -0.4 is 10.6 Å². The molecule has 1 atom stereocenters. The molecule has 0 saturated carbocycles. The van der Waals surface area contributed by atoms with Gasteiger partial charge in [0, 0.05) is 0 Å². The van der Waals surface area contributed by atoms with Crippen molar-refractivity contribution < 1.29 is 9.59 Å². The second-order valence-corrected chi connectivity index (χ2v) is 2.67. The van der Waals surface area contributed by atoms with Gasteiger partial charge >= 0.3 is 6.03 Å². The summed E-state index contributed by atoms with van der Waals surface area (Å²) in [5.74, 6) is -0.505. The van der Waals surface area contributed by atoms with Gasteiger partial charge < -0.3 is 5.32 Å². The zero-order chi connectivity index (χ0) is 7.07. The summed E-state index contributed by atoms with van der Waals surface area (Å²) < 4.78 is 0. The Kier molecular flexibility index (Phi) is 1.13. The van der Waals surface area contributed by atoms with E-state index in [1.54, 1.807) is 0 Å². The van der Waals surface area contributed by atoms with Crippen molar-refractivity contribution in [3.05, 3.63) is 0 Å². The van der Waals surface area contributed by atoms with Gasteiger partial charge in [-0.1, -0.05) is 11.6 Å². The molecule has 1 aliphatic rings. The van der Waals surface area contributed by atoms with Gasteiger partial charge in [-0.05, 0) is 6.92 Å². The van der Waals surface area contributed by atoms with E-state index in [2.05, 4.69) is 5.32 Å². The minimum atomic E-state index is -1.25. The number of amides is 3. The Bertz CT molecular complexity index is 177. The third-order valence-corrected chi connectivity index (χ3v) is 1.27. The topological polar surface area (TPSA) is 58.2 Å². The zero-order valence-electron chi connectivity index (χ0n) is 4.69. The molecule has 1 fully saturated rings. The van der Waals surface area contributed by atoms with Crippen LogP contribution in [0.25, 0.3) is 0 Å². The molecule has 0 aliphatic carbocycles. The summed E-state index contributed by atoms with van der Waals surface area (Å²) in [6, 6.07) is -0.544. The second kappa shape index (κ2) is 1.60. The Morgan fingerprint density at radius 3 is 2.22 bits per heavy atom. The third kappa shape index (κ3) is 0.977. The van der Waals surface area contributed by atoms with Crippen LogP contribution in [0.4, 0.5) is 4.79 Å². The molecule has 0 radical (unpaired) electrons. The highest BCUT2D eigenvalue weighted by molar-refractivity contribution is 6.38. The molecule has 1 unspecified atom stereocenters. The average Bonchev–Trinajstić information content (AvgIpc) is 1.79. The van der Waals surface area contributed by atoms with Crippen molar-refractivity contribution in [1.82, 2.24) is 10.6 Å². The third-order valence-electron chi connectivity index (χ3n) is 1.00. The van der Waals surface area contributed by atoms with Crippen LogP contribution in [0.3, 0.4) is 0 Å². The maximum atomic E-state index is 10.6. The fraction of sp³-hybridized carbons (Fsp3) is 0.500. The van der Waals surface area contributed by atoms with E-state index in [1.165, 1.54) is 6.92 Å². The van der Waals surface area contributed by atoms with Crippen LogP contribution in [0.5, 0.6) is 0 Å². The lowest BCUT2D eigenvalue weighted by atomic mass is 10.3. The van der Waals surface area contributed by atoms with E-state index >= 15 is 0 Å². The molecule has 2 N–H and O–H groups in total. The number of carbonyl (C=O) groups is 2. The van der Waals surface area contributed by atoms with E-state index in [4.69, 9.17) is 11.6 Å². The maximum absolute atomic E-state index is 10.6. The van der Waals surface area contributed by atoms with Gasteiger partial charge in [0.15, 0.2) is 5.00 Å². The van der Waals surface area contributed by atoms with Gasteiger partial charge in [0.25, 0.3) is 5.91 Å². The molecule has 1 saturated heterocycles. The van der Waals surface area contributed by atoms with Crippen LogP contribution in [0.1, 0.15) is 6.92 Å². The predicted octanol–water partition coefficient (Wildman–Crippen LogP) is -0.219. The highest BCUT2D eigenvalue weighted by Gasteiger charge is 2.39. The van der Waals surface area contributed by atoms with Gasteiger partial charge in [-0.3, -0.25) is 10.1 Å². The van der Waals surface area contributed by atoms with Gasteiger partial charge in [-0.15, -0.1) is 0 Å². The number of hydrogen-bond acceptors (Lipinski definition) is 2. The normalized spacial score (nSPS) is 34.0. The standard InChI is InChI=1S/C4H5ClN2O2/c1-4(5)2(8)6-3(9)7-4/h1H3,(H2,6,7,8,9). The van der Waals surface area contributed by atoms with Crippen molar-refractivity contribution in [1.29, 1.82) is 0 Å². The molecule has 50 valence electrons. The molecule has 0 bridgehead atoms. The first kappa shape index (κ1) is 6.35. The molecule has 1 rings (SSSR count). The lowest BCUT2D eigenvalue weighted by molar-refractivity contribution is -0.120. The molecule has 5 heteroatoms. The van der Waals surface area contributed by atoms with Crippen molar-refractivity contribution in [2.24, 2.45) is 0 Å². The molecule has 3 amide bonds. The van der Waals surface area contributed by atoms with Crippen molar-refractivity contribution in [3.8, 4) is 0 Å². The Balaban J connectivity index is 2.81. The van der Waals surface area contributed by atoms with Crippen LogP contribution in [0.2, 0.25) is 0 Å². The largest absolute Gasteiger partial charge is 0.323 e. The summed E-state index contributed by atoms with van der Waals surface area (Å²) in [7, 11) is 0. The average molecular weight is 149 g/mol. The van der Waals surface area contributed by atoms with E-state index in [1.807, 2.05) is 5.32 Å². The number of rotatable bonds is 0. The molecule has 0 aromatic carbocycles. The molecule has 9 heavy (non-hydrogen) atoms. The number of halogens is 1. The maximum Gasteiger partial charge on any atom is 0.323 e. The molecule has 0 aromatic rings. The lowest BCUT2D eigenvalue weighted by Gasteiger charge is -2.07. The minimum Gasteiger partial charge on any atom is -0.311 e. The molecular weight excluding hydrogens is 144 g/mol. The Labute approximate surface area is 56.6 Å². The SMILES string of the molecule is CC1(Cl)NC(=O)NC1=O. The van der Waals surface area contributed by atoms with Crippen LogP contribution in [-0.4, -0.2) is 16.9 Å². The molecule has 0 spiro atoms. The summed E-state index contributed by atoms with van der Waals surface area (Å²) in [4.78, 5) is 19.7. The van der Waals surface area contributed by atoms with E-state index < -0.39 is 16.9 Å². The summed E-state index contributed by atoms with van der Waals surface area (Å²) in [5.41, 5.74) is 0. The van der Waals surface area contributed by atoms with E-state index in [9.17, 15) is 9.59 Å². The van der Waals surface area contributed by atoms with Crippen LogP contribution in [0.15, 0.2) is 0 Å². The number of alkyl halides is 1. The fourth-order valence-corrected chi connectivity index (χ4v) is 0.655. The number of nitrogens with one attached hydrogen (secondary N) is 2. The molecular formula is C4H5ClN2O2. The van der Waals surface area contributed by atoms with E-state index in [0.29, 0.717) is 0 Å². The Hall–Kier alpha value is -0.770. The first-order valence-corrected chi connectivity index (χ1v) is 2.73. The van der Waals surface area contributed by atoms with Gasteiger partial charge in [-0.2, -0.15) is 0 Å². The number of hydrogen-bond donors (Lipinski definition) is 2. The summed E-state index contributed by atoms with van der Waals surface area (Å²) >= 11 is 5.47. The number of carbonyl (C=O) groups excluding carboxylic acids is 2. The highest BCUT2D eigenvalue weighted by Crippen LogP contribution is 2.13. The van der Waals surface area contributed by atoms with Crippen LogP contribution in [0, 0.1) is 0 Å². The van der Waals surface area contributed by atoms with E-state index in [0.717, 1.165) is 0 Å². The minimum absolute atomic E-state index is 0.505. The van der Waals surface area contributed by atoms with Gasteiger partial charge in [-0.25, -0.2) is 4.79 Å². The van der Waals surface area contributed by atoms with Crippen molar-refractivity contribution >= 4 is 23.5 Å². The predicted molar refractivity (Wildman–Crippen MR) is 30.9 cm³/mol. The molecule has 4 nitrogen and oxygen atoms in total. The Morgan fingerprint density at radius 1 is 1.56 bits per heavy atom. The van der Waals surface area contributed by atoms with E-state index in [-0.39, 0.29) is 0 Å². The van der Waals surface area contributed by atoms with Gasteiger partial charge in [0.05, 0.1) is 0 Å². The smallest absolute Gasteiger partial charge is 0.311 e. The van der Waals surface area contributed by atoms with Crippen molar-refractivity contribution in [2.75, 3.05) is 0 Å². The zero-order valence-corrected chi connectivity index (χ0v) is 5.45. The van der Waals surface area contributed by atoms with Gasteiger partial charge in [0.2, 0.25) is 0 Å². The van der Waals surface area contributed by atoms with Gasteiger partial charge in [0.1, 0.15) is 0 Å². The quantitative estimate of drug-likeness (QED) is 0.284. The molecule has 1 aliphatic heterocycles. The first-order chi connectivity index (χ1) is 4.02. The lowest BCUT2D eigenvalue weighted by Crippen LogP contribution is -2.36. The Morgan fingerprint density at radius 2 is 2.11 bits per heavy atom. The van der Waals surface area contributed by atoms with Crippen molar-refractivity contribution in [3.63, 3.8) is 0 Å². The van der Waals surface area contributed by atoms with Crippen molar-refractivity contribution in [2.45, 2.75) is 11.9 Å². The fourth-order valence-electron chi connectivity index (χ4n) is 0.522. The number of imide groups is 1. The number of urea groups is 1. The summed E-state index contributed by atoms with van der Waals surface area (Å²) in [6.07, 6.45) is 0. The summed E-state index contributed by atoms with van der Waals surface area (Å²) in [5, 5.41) is 4.19. The second-order valence-electron chi connectivity index (χ2n) is 1.91. The highest BCUT2D eigenvalue weighted by atomic mass is 35.5. The molecule has 0 aromatic heterocycles.